The Balaban J connectivity index is 0.000000337. The van der Waals surface area contributed by atoms with Crippen molar-refractivity contribution >= 4 is 7.69 Å². The number of aromatic nitrogens is 2. The zero-order chi connectivity index (χ0) is 10.9. The smallest absolute Gasteiger partial charge is 0.429 e. The van der Waals surface area contributed by atoms with E-state index in [0.717, 1.165) is 11.1 Å². The summed E-state index contributed by atoms with van der Waals surface area (Å²) in [5, 5.41) is 14.0. The number of benzene rings is 1. The van der Waals surface area contributed by atoms with Crippen molar-refractivity contribution in [1.82, 2.24) is 9.97 Å². The van der Waals surface area contributed by atoms with Crippen molar-refractivity contribution in [2.75, 3.05) is 0 Å². The fraction of sp³-hybridized carbons (Fsp3) is 0. The minimum atomic E-state index is 0. The van der Waals surface area contributed by atoms with E-state index in [4.69, 9.17) is 10.0 Å². The van der Waals surface area contributed by atoms with Gasteiger partial charge in [0.1, 0.15) is 6.33 Å². The molecule has 0 aliphatic heterocycles. The van der Waals surface area contributed by atoms with Crippen LogP contribution < -0.4 is 0 Å². The zero-order valence-electron chi connectivity index (χ0n) is 7.99. The Morgan fingerprint density at radius 2 is 1.40 bits per heavy atom. The van der Waals surface area contributed by atoms with Gasteiger partial charge in [0.05, 0.1) is 0 Å². The van der Waals surface area contributed by atoms with E-state index in [0.29, 0.717) is 0 Å². The molecule has 2 aromatic rings. The summed E-state index contributed by atoms with van der Waals surface area (Å²) in [5.41, 5.74) is 2.20. The number of hydrogen-bond donors (Lipinski definition) is 2. The van der Waals surface area contributed by atoms with Crippen molar-refractivity contribution in [3.8, 4) is 11.1 Å². The first-order valence-electron chi connectivity index (χ1n) is 4.29. The fourth-order valence-electron chi connectivity index (χ4n) is 1.08. The van der Waals surface area contributed by atoms with Gasteiger partial charge < -0.3 is 10.0 Å². The van der Waals surface area contributed by atoms with Crippen LogP contribution in [0.2, 0.25) is 0 Å². The highest BCUT2D eigenvalue weighted by Gasteiger charge is 1.93. The van der Waals surface area contributed by atoms with Crippen molar-refractivity contribution in [1.29, 1.82) is 0 Å². The number of hydrogen-bond acceptors (Lipinski definition) is 4. The van der Waals surface area contributed by atoms with Gasteiger partial charge in [-0.05, 0) is 5.56 Å². The molecule has 0 saturated carbocycles. The molecule has 2 rings (SSSR count). The maximum Gasteiger partial charge on any atom is 0.482 e. The second-order valence-corrected chi connectivity index (χ2v) is 2.61. The topological polar surface area (TPSA) is 66.2 Å². The molecule has 0 unspecified atom stereocenters. The monoisotopic (exact) mass is 201 g/mol. The molecule has 0 aliphatic rings. The van der Waals surface area contributed by atoms with Gasteiger partial charge in [0.2, 0.25) is 0 Å². The molecule has 1 heterocycles. The highest BCUT2D eigenvalue weighted by Crippen LogP contribution is 2.15. The minimum Gasteiger partial charge on any atom is -0.429 e. The summed E-state index contributed by atoms with van der Waals surface area (Å²) in [5.74, 6) is 0. The molecule has 4 nitrogen and oxygen atoms in total. The molecule has 0 saturated heterocycles. The lowest BCUT2D eigenvalue weighted by Crippen LogP contribution is -1.80. The molecule has 0 aliphatic carbocycles. The number of nitrogens with zero attached hydrogens (tertiary/aromatic N) is 2. The molecule has 1 radical (unpaired) electrons. The quantitative estimate of drug-likeness (QED) is 0.664. The minimum absolute atomic E-state index is 0. The SMILES string of the molecule is O[B]O.c1ccc(-c2cncnc2)cc1. The van der Waals surface area contributed by atoms with Crippen molar-refractivity contribution in [3.05, 3.63) is 49.1 Å². The molecule has 0 spiro atoms. The van der Waals surface area contributed by atoms with Gasteiger partial charge in [0.25, 0.3) is 0 Å². The third-order valence-corrected chi connectivity index (χ3v) is 1.67. The summed E-state index contributed by atoms with van der Waals surface area (Å²) in [6.45, 7) is 0. The average molecular weight is 201 g/mol. The molecule has 5 heteroatoms. The Kier molecular flexibility index (Phi) is 5.07. The summed E-state index contributed by atoms with van der Waals surface area (Å²) >= 11 is 0. The second-order valence-electron chi connectivity index (χ2n) is 2.61. The van der Waals surface area contributed by atoms with Crippen LogP contribution in [0.15, 0.2) is 49.1 Å². The van der Waals surface area contributed by atoms with Crippen LogP contribution in [0.25, 0.3) is 11.1 Å². The van der Waals surface area contributed by atoms with Crippen LogP contribution in [-0.4, -0.2) is 27.7 Å². The standard InChI is InChI=1S/C10H8N2.BH2O2/c1-2-4-9(5-3-1)10-6-11-8-12-7-10;2-1-3/h1-8H;2-3H. The molecule has 2 N–H and O–H groups in total. The van der Waals surface area contributed by atoms with E-state index in [1.165, 1.54) is 6.33 Å². The molecule has 75 valence electrons. The van der Waals surface area contributed by atoms with Gasteiger partial charge in [0.15, 0.2) is 0 Å². The van der Waals surface area contributed by atoms with Crippen LogP contribution in [0, 0.1) is 0 Å². The first-order chi connectivity index (χ1) is 7.38. The summed E-state index contributed by atoms with van der Waals surface area (Å²) in [7, 11) is 0. The van der Waals surface area contributed by atoms with Crippen molar-refractivity contribution in [3.63, 3.8) is 0 Å². The summed E-state index contributed by atoms with van der Waals surface area (Å²) in [4.78, 5) is 7.90. The largest absolute Gasteiger partial charge is 0.482 e. The normalized spacial score (nSPS) is 8.67. The summed E-state index contributed by atoms with van der Waals surface area (Å²) < 4.78 is 0. The van der Waals surface area contributed by atoms with Gasteiger partial charge in [-0.1, -0.05) is 30.3 Å². The zero-order valence-corrected chi connectivity index (χ0v) is 7.99. The van der Waals surface area contributed by atoms with Gasteiger partial charge >= 0.3 is 7.69 Å². The maximum atomic E-state index is 7.00. The van der Waals surface area contributed by atoms with Gasteiger partial charge in [-0.2, -0.15) is 0 Å². The third-order valence-electron chi connectivity index (χ3n) is 1.67. The van der Waals surface area contributed by atoms with Gasteiger partial charge in [-0.3, -0.25) is 0 Å². The van der Waals surface area contributed by atoms with Crippen molar-refractivity contribution < 1.29 is 10.0 Å². The Bertz CT molecular complexity index is 332. The van der Waals surface area contributed by atoms with Crippen LogP contribution in [0.3, 0.4) is 0 Å². The lowest BCUT2D eigenvalue weighted by Gasteiger charge is -1.97. The van der Waals surface area contributed by atoms with Gasteiger partial charge in [-0.15, -0.1) is 0 Å². The predicted octanol–water partition coefficient (Wildman–Crippen LogP) is 0.649. The second kappa shape index (κ2) is 6.70. The van der Waals surface area contributed by atoms with E-state index in [-0.39, 0.29) is 7.69 Å². The van der Waals surface area contributed by atoms with Gasteiger partial charge in [-0.25, -0.2) is 9.97 Å². The Morgan fingerprint density at radius 3 is 1.93 bits per heavy atom. The average Bonchev–Trinajstić information content (AvgIpc) is 2.32. The molecule has 0 atom stereocenters. The van der Waals surface area contributed by atoms with Crippen LogP contribution >= 0.6 is 0 Å². The Labute approximate surface area is 88.6 Å². The Hall–Kier alpha value is -1.72. The predicted molar refractivity (Wildman–Crippen MR) is 57.7 cm³/mol. The van der Waals surface area contributed by atoms with E-state index >= 15 is 0 Å². The van der Waals surface area contributed by atoms with Crippen LogP contribution in [-0.2, 0) is 0 Å². The summed E-state index contributed by atoms with van der Waals surface area (Å²) in [6.07, 6.45) is 5.15. The highest BCUT2D eigenvalue weighted by molar-refractivity contribution is 6.13. The molecule has 0 bridgehead atoms. The van der Waals surface area contributed by atoms with Crippen molar-refractivity contribution in [2.45, 2.75) is 0 Å². The highest BCUT2D eigenvalue weighted by atomic mass is 16.4. The first-order valence-corrected chi connectivity index (χ1v) is 4.29. The molecule has 1 aromatic carbocycles. The van der Waals surface area contributed by atoms with Crippen LogP contribution in [0.4, 0.5) is 0 Å². The fourth-order valence-corrected chi connectivity index (χ4v) is 1.08. The van der Waals surface area contributed by atoms with E-state index in [1.54, 1.807) is 0 Å². The molecule has 0 amide bonds. The molecule has 0 fully saturated rings. The molecular weight excluding hydrogens is 191 g/mol. The van der Waals surface area contributed by atoms with E-state index in [2.05, 4.69) is 9.97 Å². The van der Waals surface area contributed by atoms with E-state index in [9.17, 15) is 0 Å². The van der Waals surface area contributed by atoms with Crippen LogP contribution in [0.1, 0.15) is 0 Å². The Morgan fingerprint density at radius 1 is 0.867 bits per heavy atom. The lowest BCUT2D eigenvalue weighted by atomic mass is 10.1. The first kappa shape index (κ1) is 11.4. The van der Waals surface area contributed by atoms with E-state index < -0.39 is 0 Å². The molecule has 1 aromatic heterocycles. The molecule has 15 heavy (non-hydrogen) atoms. The molecular formula is C10H10BN2O2. The maximum absolute atomic E-state index is 7.00. The van der Waals surface area contributed by atoms with Crippen LogP contribution in [0.5, 0.6) is 0 Å². The summed E-state index contributed by atoms with van der Waals surface area (Å²) in [6, 6.07) is 10.1. The number of rotatable bonds is 1. The van der Waals surface area contributed by atoms with Gasteiger partial charge in [0, 0.05) is 18.0 Å². The van der Waals surface area contributed by atoms with Crippen molar-refractivity contribution in [2.24, 2.45) is 0 Å². The lowest BCUT2D eigenvalue weighted by molar-refractivity contribution is 0.448. The van der Waals surface area contributed by atoms with E-state index in [1.807, 2.05) is 42.7 Å². The third kappa shape index (κ3) is 3.89.